The standard InChI is InChI=1S/C20H14FN5O/c21-14-7-1-2-8-15(14)26-20(27)17-11-24-18(12-23-17)25-16-9-3-5-13-6-4-10-22-19(13)16/h1-12H,(H,24,25)(H,26,27). The van der Waals surface area contributed by atoms with E-state index in [0.717, 1.165) is 16.6 Å². The summed E-state index contributed by atoms with van der Waals surface area (Å²) in [5.74, 6) is -0.581. The van der Waals surface area contributed by atoms with Crippen LogP contribution in [0.15, 0.2) is 73.2 Å². The van der Waals surface area contributed by atoms with Crippen LogP contribution in [0.1, 0.15) is 10.5 Å². The van der Waals surface area contributed by atoms with Crippen molar-refractivity contribution in [3.63, 3.8) is 0 Å². The first kappa shape index (κ1) is 16.6. The van der Waals surface area contributed by atoms with Crippen molar-refractivity contribution >= 4 is 34.0 Å². The second-order valence-corrected chi connectivity index (χ2v) is 5.73. The Bertz CT molecular complexity index is 1110. The van der Waals surface area contributed by atoms with E-state index in [4.69, 9.17) is 0 Å². The van der Waals surface area contributed by atoms with E-state index >= 15 is 0 Å². The summed E-state index contributed by atoms with van der Waals surface area (Å²) in [5.41, 5.74) is 1.77. The topological polar surface area (TPSA) is 79.8 Å². The quantitative estimate of drug-likeness (QED) is 0.572. The number of carbonyl (C=O) groups excluding carboxylic acids is 1. The molecule has 0 atom stereocenters. The monoisotopic (exact) mass is 359 g/mol. The number of carbonyl (C=O) groups is 1. The first-order valence-electron chi connectivity index (χ1n) is 8.19. The third kappa shape index (κ3) is 3.57. The van der Waals surface area contributed by atoms with Crippen LogP contribution < -0.4 is 10.6 Å². The SMILES string of the molecule is O=C(Nc1ccccc1F)c1cnc(Nc2cccc3cccnc23)cn1. The van der Waals surface area contributed by atoms with E-state index in [0.29, 0.717) is 5.82 Å². The first-order valence-corrected chi connectivity index (χ1v) is 8.19. The highest BCUT2D eigenvalue weighted by atomic mass is 19.1. The number of benzene rings is 2. The Morgan fingerprint density at radius 3 is 2.48 bits per heavy atom. The molecule has 0 aliphatic carbocycles. The number of pyridine rings is 1. The van der Waals surface area contributed by atoms with Crippen LogP contribution in [-0.4, -0.2) is 20.9 Å². The molecule has 0 saturated heterocycles. The van der Waals surface area contributed by atoms with Crippen molar-refractivity contribution in [2.24, 2.45) is 0 Å². The normalized spacial score (nSPS) is 10.6. The minimum Gasteiger partial charge on any atom is -0.337 e. The van der Waals surface area contributed by atoms with Gasteiger partial charge in [-0.1, -0.05) is 30.3 Å². The average molecular weight is 359 g/mol. The minimum atomic E-state index is -0.536. The van der Waals surface area contributed by atoms with E-state index in [2.05, 4.69) is 25.6 Å². The fourth-order valence-corrected chi connectivity index (χ4v) is 2.60. The van der Waals surface area contributed by atoms with Gasteiger partial charge in [-0.05, 0) is 24.3 Å². The molecule has 2 aromatic heterocycles. The molecular formula is C20H14FN5O. The molecule has 0 aliphatic rings. The molecule has 0 fully saturated rings. The van der Waals surface area contributed by atoms with Crippen molar-refractivity contribution in [3.8, 4) is 0 Å². The number of nitrogens with zero attached hydrogens (tertiary/aromatic N) is 3. The van der Waals surface area contributed by atoms with Crippen molar-refractivity contribution < 1.29 is 9.18 Å². The molecule has 2 N–H and O–H groups in total. The molecule has 27 heavy (non-hydrogen) atoms. The summed E-state index contributed by atoms with van der Waals surface area (Å²) in [6, 6.07) is 15.5. The van der Waals surface area contributed by atoms with Gasteiger partial charge < -0.3 is 10.6 Å². The van der Waals surface area contributed by atoms with Crippen LogP contribution >= 0.6 is 0 Å². The van der Waals surface area contributed by atoms with Gasteiger partial charge in [-0.25, -0.2) is 14.4 Å². The Morgan fingerprint density at radius 1 is 0.852 bits per heavy atom. The number of halogens is 1. The van der Waals surface area contributed by atoms with Crippen LogP contribution in [0.5, 0.6) is 0 Å². The molecule has 2 heterocycles. The van der Waals surface area contributed by atoms with Crippen molar-refractivity contribution in [2.75, 3.05) is 10.6 Å². The zero-order chi connectivity index (χ0) is 18.6. The molecule has 132 valence electrons. The molecule has 0 aliphatic heterocycles. The number of rotatable bonds is 4. The van der Waals surface area contributed by atoms with E-state index in [-0.39, 0.29) is 11.4 Å². The zero-order valence-electron chi connectivity index (χ0n) is 14.1. The van der Waals surface area contributed by atoms with Gasteiger partial charge in [0.05, 0.1) is 29.3 Å². The molecule has 1 amide bonds. The molecule has 4 aromatic rings. The van der Waals surface area contributed by atoms with Gasteiger partial charge in [-0.2, -0.15) is 0 Å². The Labute approximate surface area is 154 Å². The number of hydrogen-bond acceptors (Lipinski definition) is 5. The van der Waals surface area contributed by atoms with Crippen molar-refractivity contribution in [3.05, 3.63) is 84.7 Å². The van der Waals surface area contributed by atoms with Crippen LogP contribution in [0.4, 0.5) is 21.6 Å². The predicted octanol–water partition coefficient (Wildman–Crippen LogP) is 4.16. The Balaban J connectivity index is 1.52. The minimum absolute atomic E-state index is 0.0832. The second kappa shape index (κ2) is 7.17. The highest BCUT2D eigenvalue weighted by Gasteiger charge is 2.11. The van der Waals surface area contributed by atoms with E-state index in [1.807, 2.05) is 30.3 Å². The molecule has 2 aromatic carbocycles. The summed E-state index contributed by atoms with van der Waals surface area (Å²) < 4.78 is 13.6. The van der Waals surface area contributed by atoms with Gasteiger partial charge in [0.2, 0.25) is 0 Å². The van der Waals surface area contributed by atoms with Gasteiger partial charge in [0.15, 0.2) is 0 Å². The maximum Gasteiger partial charge on any atom is 0.275 e. The summed E-state index contributed by atoms with van der Waals surface area (Å²) in [6.45, 7) is 0. The number of fused-ring (bicyclic) bond motifs is 1. The maximum atomic E-state index is 13.6. The Morgan fingerprint density at radius 2 is 1.67 bits per heavy atom. The van der Waals surface area contributed by atoms with Gasteiger partial charge in [0.1, 0.15) is 17.3 Å². The molecule has 0 bridgehead atoms. The van der Waals surface area contributed by atoms with Crippen molar-refractivity contribution in [1.82, 2.24) is 15.0 Å². The Kier molecular flexibility index (Phi) is 4.40. The van der Waals surface area contributed by atoms with E-state index in [9.17, 15) is 9.18 Å². The van der Waals surface area contributed by atoms with E-state index in [1.54, 1.807) is 18.3 Å². The highest BCUT2D eigenvalue weighted by Crippen LogP contribution is 2.23. The number of para-hydroxylation sites is 2. The number of nitrogens with one attached hydrogen (secondary N) is 2. The fraction of sp³-hybridized carbons (Fsp3) is 0. The maximum absolute atomic E-state index is 13.6. The van der Waals surface area contributed by atoms with Gasteiger partial charge >= 0.3 is 0 Å². The van der Waals surface area contributed by atoms with Crippen LogP contribution in [0.2, 0.25) is 0 Å². The van der Waals surface area contributed by atoms with Crippen LogP contribution in [0, 0.1) is 5.82 Å². The lowest BCUT2D eigenvalue weighted by Gasteiger charge is -2.09. The third-order valence-electron chi connectivity index (χ3n) is 3.90. The number of hydrogen-bond donors (Lipinski definition) is 2. The second-order valence-electron chi connectivity index (χ2n) is 5.73. The van der Waals surface area contributed by atoms with Crippen LogP contribution in [0.25, 0.3) is 10.9 Å². The smallest absolute Gasteiger partial charge is 0.275 e. The lowest BCUT2D eigenvalue weighted by Crippen LogP contribution is -2.15. The molecular weight excluding hydrogens is 345 g/mol. The van der Waals surface area contributed by atoms with Gasteiger partial charge in [-0.3, -0.25) is 9.78 Å². The molecule has 4 rings (SSSR count). The van der Waals surface area contributed by atoms with Crippen molar-refractivity contribution in [2.45, 2.75) is 0 Å². The predicted molar refractivity (Wildman–Crippen MR) is 101 cm³/mol. The molecule has 7 heteroatoms. The van der Waals surface area contributed by atoms with Gasteiger partial charge in [0.25, 0.3) is 5.91 Å². The first-order chi connectivity index (χ1) is 13.2. The lowest BCUT2D eigenvalue weighted by atomic mass is 10.2. The molecule has 0 unspecified atom stereocenters. The summed E-state index contributed by atoms with van der Waals surface area (Å²) in [7, 11) is 0. The van der Waals surface area contributed by atoms with Crippen molar-refractivity contribution in [1.29, 1.82) is 0 Å². The molecule has 0 spiro atoms. The van der Waals surface area contributed by atoms with Gasteiger partial charge in [0, 0.05) is 11.6 Å². The number of amides is 1. The van der Waals surface area contributed by atoms with Crippen LogP contribution in [0.3, 0.4) is 0 Å². The summed E-state index contributed by atoms with van der Waals surface area (Å²) in [6.07, 6.45) is 4.49. The summed E-state index contributed by atoms with van der Waals surface area (Å²) >= 11 is 0. The largest absolute Gasteiger partial charge is 0.337 e. The lowest BCUT2D eigenvalue weighted by molar-refractivity contribution is 0.102. The van der Waals surface area contributed by atoms with Gasteiger partial charge in [-0.15, -0.1) is 0 Å². The molecule has 0 radical (unpaired) electrons. The molecule has 0 saturated carbocycles. The average Bonchev–Trinajstić information content (AvgIpc) is 2.70. The summed E-state index contributed by atoms with van der Waals surface area (Å²) in [5, 5.41) is 6.61. The third-order valence-corrected chi connectivity index (χ3v) is 3.90. The summed E-state index contributed by atoms with van der Waals surface area (Å²) in [4.78, 5) is 24.9. The zero-order valence-corrected chi connectivity index (χ0v) is 14.1. The van der Waals surface area contributed by atoms with E-state index < -0.39 is 11.7 Å². The number of anilines is 3. The number of aromatic nitrogens is 3. The van der Waals surface area contributed by atoms with Crippen LogP contribution in [-0.2, 0) is 0 Å². The van der Waals surface area contributed by atoms with E-state index in [1.165, 1.54) is 24.5 Å². The molecule has 6 nitrogen and oxygen atoms in total. The highest BCUT2D eigenvalue weighted by molar-refractivity contribution is 6.02. The fourth-order valence-electron chi connectivity index (χ4n) is 2.60. The Hall–Kier alpha value is -3.87.